The zero-order chi connectivity index (χ0) is 14.8. The first kappa shape index (κ1) is 17.3. The molecule has 0 saturated carbocycles. The fourth-order valence-corrected chi connectivity index (χ4v) is 2.01. The monoisotopic (exact) mass is 319 g/mol. The van der Waals surface area contributed by atoms with E-state index in [9.17, 15) is 18.4 Å². The minimum absolute atomic E-state index is 0. The summed E-state index contributed by atoms with van der Waals surface area (Å²) in [6.45, 7) is 0.882. The van der Waals surface area contributed by atoms with Crippen LogP contribution in [0.25, 0.3) is 0 Å². The first-order valence-electron chi connectivity index (χ1n) is 6.15. The Morgan fingerprint density at radius 1 is 1.29 bits per heavy atom. The van der Waals surface area contributed by atoms with Crippen LogP contribution in [0.2, 0.25) is 0 Å². The molecule has 0 radical (unpaired) electrons. The minimum atomic E-state index is -2.85. The molecule has 0 spiro atoms. The Labute approximate surface area is 126 Å². The largest absolute Gasteiger partial charge is 0.326 e. The Kier molecular flexibility index (Phi) is 5.62. The van der Waals surface area contributed by atoms with Crippen molar-refractivity contribution in [3.05, 3.63) is 24.3 Å². The molecule has 1 unspecified atom stereocenters. The van der Waals surface area contributed by atoms with E-state index in [4.69, 9.17) is 0 Å². The van der Waals surface area contributed by atoms with Gasteiger partial charge in [-0.25, -0.2) is 8.78 Å². The SMILES string of the molecule is CC(=O)Nc1cccc(NC(=O)C2CC(F)(F)CN2)c1.Cl. The Bertz CT molecular complexity index is 540. The van der Waals surface area contributed by atoms with Crippen LogP contribution in [0.1, 0.15) is 13.3 Å². The van der Waals surface area contributed by atoms with E-state index in [1.54, 1.807) is 24.3 Å². The lowest BCUT2D eigenvalue weighted by molar-refractivity contribution is -0.118. The topological polar surface area (TPSA) is 70.2 Å². The molecule has 1 fully saturated rings. The van der Waals surface area contributed by atoms with E-state index >= 15 is 0 Å². The molecule has 1 aromatic carbocycles. The number of alkyl halides is 2. The second kappa shape index (κ2) is 6.82. The van der Waals surface area contributed by atoms with Crippen LogP contribution in [0.4, 0.5) is 20.2 Å². The van der Waals surface area contributed by atoms with Crippen molar-refractivity contribution < 1.29 is 18.4 Å². The van der Waals surface area contributed by atoms with Crippen molar-refractivity contribution >= 4 is 35.6 Å². The average Bonchev–Trinajstić information content (AvgIpc) is 2.69. The molecule has 0 aromatic heterocycles. The third kappa shape index (κ3) is 4.95. The molecule has 1 heterocycles. The lowest BCUT2D eigenvalue weighted by Crippen LogP contribution is -2.35. The van der Waals surface area contributed by atoms with Gasteiger partial charge in [-0.1, -0.05) is 6.07 Å². The van der Waals surface area contributed by atoms with Crippen LogP contribution in [0, 0.1) is 0 Å². The molecule has 8 heteroatoms. The minimum Gasteiger partial charge on any atom is -0.326 e. The number of hydrogen-bond acceptors (Lipinski definition) is 3. The predicted molar refractivity (Wildman–Crippen MR) is 78.0 cm³/mol. The number of hydrogen-bond donors (Lipinski definition) is 3. The number of anilines is 2. The van der Waals surface area contributed by atoms with Gasteiger partial charge in [0.2, 0.25) is 11.8 Å². The molecule has 1 aromatic rings. The molecular weight excluding hydrogens is 304 g/mol. The van der Waals surface area contributed by atoms with Crippen molar-refractivity contribution in [3.63, 3.8) is 0 Å². The Morgan fingerprint density at radius 2 is 1.90 bits per heavy atom. The molecule has 0 bridgehead atoms. The Hall–Kier alpha value is -1.73. The van der Waals surface area contributed by atoms with E-state index in [2.05, 4.69) is 16.0 Å². The van der Waals surface area contributed by atoms with Gasteiger partial charge in [0, 0.05) is 24.7 Å². The maximum atomic E-state index is 13.0. The molecule has 3 N–H and O–H groups in total. The summed E-state index contributed by atoms with van der Waals surface area (Å²) in [5.74, 6) is -3.59. The third-order valence-corrected chi connectivity index (χ3v) is 2.88. The highest BCUT2D eigenvalue weighted by molar-refractivity contribution is 5.96. The third-order valence-electron chi connectivity index (χ3n) is 2.88. The second-order valence-electron chi connectivity index (χ2n) is 4.74. The van der Waals surface area contributed by atoms with Crippen LogP contribution in [-0.4, -0.2) is 30.3 Å². The highest BCUT2D eigenvalue weighted by Gasteiger charge is 2.42. The van der Waals surface area contributed by atoms with Crippen LogP contribution < -0.4 is 16.0 Å². The molecule has 1 atom stereocenters. The van der Waals surface area contributed by atoms with E-state index in [1.807, 2.05) is 0 Å². The predicted octanol–water partition coefficient (Wildman–Crippen LogP) is 2.00. The maximum absolute atomic E-state index is 13.0. The van der Waals surface area contributed by atoms with Gasteiger partial charge >= 0.3 is 0 Å². The quantitative estimate of drug-likeness (QED) is 0.798. The summed E-state index contributed by atoms with van der Waals surface area (Å²) >= 11 is 0. The van der Waals surface area contributed by atoms with Gasteiger partial charge in [-0.15, -0.1) is 12.4 Å². The van der Waals surface area contributed by atoms with Crippen molar-refractivity contribution in [1.82, 2.24) is 5.32 Å². The normalized spacial score (nSPS) is 19.5. The van der Waals surface area contributed by atoms with Crippen molar-refractivity contribution in [2.45, 2.75) is 25.3 Å². The molecule has 2 rings (SSSR count). The number of amides is 2. The fourth-order valence-electron chi connectivity index (χ4n) is 2.01. The summed E-state index contributed by atoms with van der Waals surface area (Å²) in [7, 11) is 0. The van der Waals surface area contributed by atoms with Crippen LogP contribution >= 0.6 is 12.4 Å². The molecular formula is C13H16ClF2N3O2. The van der Waals surface area contributed by atoms with Crippen molar-refractivity contribution in [3.8, 4) is 0 Å². The molecule has 1 aliphatic heterocycles. The highest BCUT2D eigenvalue weighted by atomic mass is 35.5. The number of carbonyl (C=O) groups is 2. The molecule has 1 aliphatic rings. The van der Waals surface area contributed by atoms with Crippen molar-refractivity contribution in [2.24, 2.45) is 0 Å². The molecule has 1 saturated heterocycles. The van der Waals surface area contributed by atoms with Crippen LogP contribution in [0.5, 0.6) is 0 Å². The number of rotatable bonds is 3. The van der Waals surface area contributed by atoms with E-state index in [-0.39, 0.29) is 18.3 Å². The lowest BCUT2D eigenvalue weighted by atomic mass is 10.1. The number of carbonyl (C=O) groups excluding carboxylic acids is 2. The molecule has 2 amide bonds. The van der Waals surface area contributed by atoms with Crippen LogP contribution in [-0.2, 0) is 9.59 Å². The molecule has 116 valence electrons. The maximum Gasteiger partial charge on any atom is 0.262 e. The lowest BCUT2D eigenvalue weighted by Gasteiger charge is -2.12. The average molecular weight is 320 g/mol. The van der Waals surface area contributed by atoms with Gasteiger partial charge in [-0.3, -0.25) is 14.9 Å². The van der Waals surface area contributed by atoms with Gasteiger partial charge in [-0.05, 0) is 18.2 Å². The van der Waals surface area contributed by atoms with Crippen molar-refractivity contribution in [1.29, 1.82) is 0 Å². The summed E-state index contributed by atoms with van der Waals surface area (Å²) in [6.07, 6.45) is -0.510. The number of benzene rings is 1. The Balaban J connectivity index is 0.00000220. The van der Waals surface area contributed by atoms with Gasteiger partial charge in [0.1, 0.15) is 0 Å². The fraction of sp³-hybridized carbons (Fsp3) is 0.385. The highest BCUT2D eigenvalue weighted by Crippen LogP contribution is 2.26. The number of halogens is 3. The zero-order valence-corrected chi connectivity index (χ0v) is 12.1. The molecule has 0 aliphatic carbocycles. The summed E-state index contributed by atoms with van der Waals surface area (Å²) < 4.78 is 26.0. The van der Waals surface area contributed by atoms with Crippen LogP contribution in [0.3, 0.4) is 0 Å². The second-order valence-corrected chi connectivity index (χ2v) is 4.74. The van der Waals surface area contributed by atoms with E-state index in [1.165, 1.54) is 6.92 Å². The van der Waals surface area contributed by atoms with Gasteiger partial charge in [0.05, 0.1) is 12.6 Å². The van der Waals surface area contributed by atoms with Gasteiger partial charge in [0.15, 0.2) is 0 Å². The van der Waals surface area contributed by atoms with Gasteiger partial charge in [-0.2, -0.15) is 0 Å². The van der Waals surface area contributed by atoms with E-state index in [0.29, 0.717) is 11.4 Å². The van der Waals surface area contributed by atoms with Crippen LogP contribution in [0.15, 0.2) is 24.3 Å². The smallest absolute Gasteiger partial charge is 0.262 e. The van der Waals surface area contributed by atoms with E-state index < -0.39 is 30.8 Å². The zero-order valence-electron chi connectivity index (χ0n) is 11.3. The molecule has 21 heavy (non-hydrogen) atoms. The van der Waals surface area contributed by atoms with Crippen molar-refractivity contribution in [2.75, 3.05) is 17.2 Å². The summed E-state index contributed by atoms with van der Waals surface area (Å²) in [6, 6.07) is 5.59. The van der Waals surface area contributed by atoms with E-state index in [0.717, 1.165) is 0 Å². The van der Waals surface area contributed by atoms with Gasteiger partial charge < -0.3 is 10.6 Å². The number of nitrogens with one attached hydrogen (secondary N) is 3. The Morgan fingerprint density at radius 3 is 2.43 bits per heavy atom. The summed E-state index contributed by atoms with van der Waals surface area (Å²) in [5, 5.41) is 7.61. The first-order chi connectivity index (χ1) is 9.35. The summed E-state index contributed by atoms with van der Waals surface area (Å²) in [5.41, 5.74) is 0.971. The summed E-state index contributed by atoms with van der Waals surface area (Å²) in [4.78, 5) is 22.8. The molecule has 5 nitrogen and oxygen atoms in total. The standard InChI is InChI=1S/C13H15F2N3O2.ClH/c1-8(19)17-9-3-2-4-10(5-9)18-12(20)11-6-13(14,15)7-16-11;/h2-5,11,16H,6-7H2,1H3,(H,17,19)(H,18,20);1H. The van der Waals surface area contributed by atoms with Gasteiger partial charge in [0.25, 0.3) is 5.92 Å². The first-order valence-corrected chi connectivity index (χ1v) is 6.15.